The summed E-state index contributed by atoms with van der Waals surface area (Å²) in [6, 6.07) is 7.29. The first-order chi connectivity index (χ1) is 14.7. The summed E-state index contributed by atoms with van der Waals surface area (Å²) >= 11 is 0. The molecule has 0 saturated carbocycles. The van der Waals surface area contributed by atoms with E-state index in [1.165, 1.54) is 32.2 Å². The summed E-state index contributed by atoms with van der Waals surface area (Å²) in [4.78, 5) is 47.4. The molecule has 0 aliphatic carbocycles. The molecule has 0 unspecified atom stereocenters. The number of hydrogen-bond acceptors (Lipinski definition) is 10. The summed E-state index contributed by atoms with van der Waals surface area (Å²) < 4.78 is 31.3. The van der Waals surface area contributed by atoms with Crippen molar-refractivity contribution < 1.29 is 42.2 Å². The van der Waals surface area contributed by atoms with E-state index in [1.807, 2.05) is 0 Å². The van der Waals surface area contributed by atoms with Crippen LogP contribution in [0.3, 0.4) is 0 Å². The fourth-order valence-corrected chi connectivity index (χ4v) is 2.84. The maximum absolute atomic E-state index is 13.2. The van der Waals surface area contributed by atoms with Crippen molar-refractivity contribution in [1.29, 1.82) is 0 Å². The number of hydrogen-bond donors (Lipinski definition) is 0. The number of carbonyl (C=O) groups is 3. The van der Waals surface area contributed by atoms with Gasteiger partial charge >= 0.3 is 13.3 Å². The topological polar surface area (TPSA) is 128 Å². The van der Waals surface area contributed by atoms with Gasteiger partial charge < -0.3 is 27.9 Å². The maximum atomic E-state index is 13.2. The normalized spacial score (nSPS) is 10.5. The van der Waals surface area contributed by atoms with Crippen molar-refractivity contribution in [1.82, 2.24) is 0 Å². The van der Waals surface area contributed by atoms with Gasteiger partial charge in [-0.05, 0) is 12.1 Å². The monoisotopic (exact) mass is 428 g/mol. The lowest BCUT2D eigenvalue weighted by molar-refractivity contribution is -0.139. The van der Waals surface area contributed by atoms with E-state index < -0.39 is 30.7 Å². The van der Waals surface area contributed by atoms with Gasteiger partial charge in [0, 0.05) is 32.9 Å². The molecule has 3 rings (SSSR count). The molecule has 0 bridgehead atoms. The highest BCUT2D eigenvalue weighted by molar-refractivity contribution is 6.42. The lowest BCUT2D eigenvalue weighted by Gasteiger charge is -2.15. The van der Waals surface area contributed by atoms with Crippen molar-refractivity contribution in [3.63, 3.8) is 0 Å². The molecular weight excluding hydrogens is 411 g/mol. The molecule has 0 N–H and O–H groups in total. The standard InChI is InChI=1S/C20H17BO10/c1-10(22)27-13-8-16-18(17(9-13)31-21(29-11(2)23)30-12(3)24)19(25)14-6-5-7-15(26-4)20(14)28-16/h5-9H,1-4H3. The Balaban J connectivity index is 2.27. The summed E-state index contributed by atoms with van der Waals surface area (Å²) in [5.41, 5.74) is -0.325. The Morgan fingerprint density at radius 1 is 0.935 bits per heavy atom. The van der Waals surface area contributed by atoms with Crippen LogP contribution in [-0.4, -0.2) is 32.3 Å². The van der Waals surface area contributed by atoms with Crippen molar-refractivity contribution in [2.75, 3.05) is 7.11 Å². The van der Waals surface area contributed by atoms with Crippen LogP contribution in [0.25, 0.3) is 21.9 Å². The molecule has 10 nitrogen and oxygen atoms in total. The average molecular weight is 428 g/mol. The molecule has 11 heteroatoms. The summed E-state index contributed by atoms with van der Waals surface area (Å²) in [5.74, 6) is -2.13. The average Bonchev–Trinajstić information content (AvgIpc) is 2.65. The largest absolute Gasteiger partial charge is 0.868 e. The van der Waals surface area contributed by atoms with Crippen LogP contribution >= 0.6 is 0 Å². The third-order valence-corrected chi connectivity index (χ3v) is 3.93. The van der Waals surface area contributed by atoms with E-state index in [2.05, 4.69) is 0 Å². The molecule has 0 aliphatic heterocycles. The highest BCUT2D eigenvalue weighted by Gasteiger charge is 2.34. The molecule has 0 fully saturated rings. The zero-order valence-electron chi connectivity index (χ0n) is 17.0. The number of carbonyl (C=O) groups excluding carboxylic acids is 3. The van der Waals surface area contributed by atoms with Crippen LogP contribution in [0.1, 0.15) is 20.8 Å². The van der Waals surface area contributed by atoms with Gasteiger partial charge in [0.1, 0.15) is 22.5 Å². The highest BCUT2D eigenvalue weighted by Crippen LogP contribution is 2.34. The molecule has 31 heavy (non-hydrogen) atoms. The number of fused-ring (bicyclic) bond motifs is 2. The summed E-state index contributed by atoms with van der Waals surface area (Å²) in [7, 11) is -0.364. The summed E-state index contributed by atoms with van der Waals surface area (Å²) in [6.45, 7) is 3.35. The van der Waals surface area contributed by atoms with Gasteiger partial charge in [-0.1, -0.05) is 6.07 Å². The first-order valence-corrected chi connectivity index (χ1v) is 8.96. The van der Waals surface area contributed by atoms with E-state index in [0.29, 0.717) is 5.75 Å². The molecule has 2 aromatic carbocycles. The number of ether oxygens (including phenoxy) is 2. The fourth-order valence-electron chi connectivity index (χ4n) is 2.84. The van der Waals surface area contributed by atoms with Crippen molar-refractivity contribution in [2.45, 2.75) is 20.8 Å². The van der Waals surface area contributed by atoms with E-state index in [9.17, 15) is 19.2 Å². The Morgan fingerprint density at radius 3 is 2.19 bits per heavy atom. The van der Waals surface area contributed by atoms with Gasteiger partial charge in [-0.3, -0.25) is 19.2 Å². The minimum atomic E-state index is -1.79. The van der Waals surface area contributed by atoms with Crippen molar-refractivity contribution in [2.24, 2.45) is 0 Å². The summed E-state index contributed by atoms with van der Waals surface area (Å²) in [5, 5.41) is 0.134. The van der Waals surface area contributed by atoms with Crippen LogP contribution in [0.15, 0.2) is 39.5 Å². The third-order valence-electron chi connectivity index (χ3n) is 3.93. The number of benzene rings is 2. The lowest BCUT2D eigenvalue weighted by Crippen LogP contribution is -2.34. The van der Waals surface area contributed by atoms with Gasteiger partial charge in [0.25, 0.3) is 11.9 Å². The smallest absolute Gasteiger partial charge is 0.493 e. The second-order valence-corrected chi connectivity index (χ2v) is 6.28. The molecule has 3 aromatic rings. The van der Waals surface area contributed by atoms with Crippen LogP contribution in [-0.2, 0) is 23.7 Å². The van der Waals surface area contributed by atoms with Crippen LogP contribution in [0.2, 0.25) is 0 Å². The van der Waals surface area contributed by atoms with Gasteiger partial charge in [-0.2, -0.15) is 0 Å². The van der Waals surface area contributed by atoms with E-state index in [1.54, 1.807) is 12.1 Å². The number of para-hydroxylation sites is 1. The van der Waals surface area contributed by atoms with Crippen LogP contribution in [0.4, 0.5) is 0 Å². The van der Waals surface area contributed by atoms with E-state index in [0.717, 1.165) is 13.8 Å². The molecule has 1 aromatic heterocycles. The quantitative estimate of drug-likeness (QED) is 0.250. The van der Waals surface area contributed by atoms with Crippen molar-refractivity contribution in [3.05, 3.63) is 40.6 Å². The van der Waals surface area contributed by atoms with Crippen molar-refractivity contribution >= 4 is 47.2 Å². The summed E-state index contributed by atoms with van der Waals surface area (Å²) in [6.07, 6.45) is 0. The predicted octanol–water partition coefficient (Wildman–Crippen LogP) is 2.37. The van der Waals surface area contributed by atoms with Crippen LogP contribution < -0.4 is 19.6 Å². The molecule has 0 radical (unpaired) electrons. The molecule has 0 saturated heterocycles. The third kappa shape index (κ3) is 4.77. The SMILES string of the molecule is COc1cccc2c(=O)c3c(OB(OC(C)=O)OC(C)=O)cc(OC(C)=O)cc3oc12. The first-order valence-electron chi connectivity index (χ1n) is 8.96. The fraction of sp³-hybridized carbons (Fsp3) is 0.200. The van der Waals surface area contributed by atoms with Crippen LogP contribution in [0.5, 0.6) is 17.2 Å². The molecule has 0 atom stereocenters. The zero-order valence-corrected chi connectivity index (χ0v) is 17.0. The Kier molecular flexibility index (Phi) is 6.14. The van der Waals surface area contributed by atoms with E-state index in [4.69, 9.17) is 27.9 Å². The van der Waals surface area contributed by atoms with Crippen LogP contribution in [0, 0.1) is 0 Å². The lowest BCUT2D eigenvalue weighted by atomic mass is 10.1. The predicted molar refractivity (Wildman–Crippen MR) is 108 cm³/mol. The number of rotatable bonds is 6. The van der Waals surface area contributed by atoms with Gasteiger partial charge in [-0.25, -0.2) is 0 Å². The molecule has 0 spiro atoms. The van der Waals surface area contributed by atoms with Gasteiger partial charge in [0.2, 0.25) is 5.43 Å². The number of esters is 1. The Morgan fingerprint density at radius 2 is 1.61 bits per heavy atom. The van der Waals surface area contributed by atoms with E-state index >= 15 is 0 Å². The van der Waals surface area contributed by atoms with Gasteiger partial charge in [0.05, 0.1) is 12.5 Å². The first kappa shape index (κ1) is 21.7. The highest BCUT2D eigenvalue weighted by atomic mass is 16.8. The zero-order chi connectivity index (χ0) is 22.7. The van der Waals surface area contributed by atoms with Gasteiger partial charge in [-0.15, -0.1) is 0 Å². The minimum Gasteiger partial charge on any atom is -0.493 e. The second kappa shape index (κ2) is 8.78. The molecule has 0 aliphatic rings. The van der Waals surface area contributed by atoms with Crippen molar-refractivity contribution in [3.8, 4) is 17.2 Å². The Bertz CT molecular complexity index is 1230. The van der Waals surface area contributed by atoms with Gasteiger partial charge in [0.15, 0.2) is 11.3 Å². The number of methoxy groups -OCH3 is 1. The second-order valence-electron chi connectivity index (χ2n) is 6.28. The maximum Gasteiger partial charge on any atom is 0.868 e. The Labute approximate surface area is 175 Å². The molecule has 0 amide bonds. The Hall–Kier alpha value is -4.02. The minimum absolute atomic E-state index is 0.000139. The molecular formula is C20H17BO10. The van der Waals surface area contributed by atoms with E-state index in [-0.39, 0.29) is 33.4 Å². The molecule has 160 valence electrons. The molecule has 1 heterocycles.